The third kappa shape index (κ3) is 4.12. The highest BCUT2D eigenvalue weighted by Crippen LogP contribution is 2.40. The Kier molecular flexibility index (Phi) is 5.88. The van der Waals surface area contributed by atoms with Crippen LogP contribution in [0.15, 0.2) is 36.4 Å². The molecule has 2 aliphatic rings. The number of anilines is 1. The second-order valence-electron chi connectivity index (χ2n) is 8.69. The van der Waals surface area contributed by atoms with Crippen LogP contribution >= 0.6 is 11.3 Å². The Balaban J connectivity index is 1.43. The molecule has 7 heteroatoms. The topological polar surface area (TPSA) is 61.8 Å². The molecular formula is C25H27FN2O3S. The van der Waals surface area contributed by atoms with Gasteiger partial charge in [-0.1, -0.05) is 12.5 Å². The molecule has 3 aromatic rings. The van der Waals surface area contributed by atoms with Crippen LogP contribution in [-0.2, 0) is 4.74 Å². The van der Waals surface area contributed by atoms with Gasteiger partial charge in [0.25, 0.3) is 0 Å². The van der Waals surface area contributed by atoms with E-state index < -0.39 is 5.97 Å². The highest BCUT2D eigenvalue weighted by atomic mass is 32.1. The maximum absolute atomic E-state index is 13.7. The lowest BCUT2D eigenvalue weighted by molar-refractivity contribution is 0.0370. The van der Waals surface area contributed by atoms with E-state index in [1.807, 2.05) is 19.1 Å². The van der Waals surface area contributed by atoms with E-state index in [-0.39, 0.29) is 17.5 Å². The fourth-order valence-corrected chi connectivity index (χ4v) is 5.77. The van der Waals surface area contributed by atoms with Crippen molar-refractivity contribution in [3.05, 3.63) is 52.7 Å². The number of aryl methyl sites for hydroxylation is 1. The smallest absolute Gasteiger partial charge is 0.337 e. The second-order valence-corrected chi connectivity index (χ2v) is 9.94. The van der Waals surface area contributed by atoms with Gasteiger partial charge in [-0.05, 0) is 55.7 Å². The molecule has 1 aliphatic carbocycles. The van der Waals surface area contributed by atoms with Crippen LogP contribution in [0.2, 0.25) is 0 Å². The summed E-state index contributed by atoms with van der Waals surface area (Å²) in [6, 6.07) is 11.0. The van der Waals surface area contributed by atoms with E-state index in [0.717, 1.165) is 38.3 Å². The molecule has 2 aromatic carbocycles. The third-order valence-corrected chi connectivity index (χ3v) is 7.63. The second kappa shape index (κ2) is 8.81. The standard InChI is InChI=1S/C25H27FN2O3S/c1-15-24(20-7-6-17(26)12-23(20)32-15)16-5-8-22(21(11-16)25(29)30)28-9-10-31-19(14-28)13-27-18-3-2-4-18/h5-8,11-12,18-19,27H,2-4,9-10,13-14H2,1H3,(H,29,30)/t19-/m1/s1. The summed E-state index contributed by atoms with van der Waals surface area (Å²) in [5.74, 6) is -1.21. The maximum atomic E-state index is 13.7. The summed E-state index contributed by atoms with van der Waals surface area (Å²) in [4.78, 5) is 15.4. The number of rotatable bonds is 6. The van der Waals surface area contributed by atoms with Crippen molar-refractivity contribution in [1.82, 2.24) is 5.32 Å². The first kappa shape index (κ1) is 21.4. The summed E-state index contributed by atoms with van der Waals surface area (Å²) in [7, 11) is 0. The van der Waals surface area contributed by atoms with E-state index in [1.54, 1.807) is 12.1 Å². The summed E-state index contributed by atoms with van der Waals surface area (Å²) >= 11 is 1.53. The number of aromatic carboxylic acids is 1. The molecule has 1 aliphatic heterocycles. The number of carboxylic acid groups (broad SMARTS) is 1. The predicted octanol–water partition coefficient (Wildman–Crippen LogP) is 5.06. The van der Waals surface area contributed by atoms with Gasteiger partial charge in [-0.25, -0.2) is 9.18 Å². The van der Waals surface area contributed by atoms with Crippen molar-refractivity contribution >= 4 is 33.1 Å². The third-order valence-electron chi connectivity index (χ3n) is 6.56. The Hall–Kier alpha value is -2.48. The van der Waals surface area contributed by atoms with Gasteiger partial charge in [0.05, 0.1) is 24.0 Å². The molecule has 1 atom stereocenters. The zero-order chi connectivity index (χ0) is 22.2. The van der Waals surface area contributed by atoms with Crippen LogP contribution < -0.4 is 10.2 Å². The van der Waals surface area contributed by atoms with Crippen molar-refractivity contribution in [2.75, 3.05) is 31.1 Å². The van der Waals surface area contributed by atoms with Gasteiger partial charge >= 0.3 is 5.97 Å². The molecule has 0 spiro atoms. The van der Waals surface area contributed by atoms with Crippen LogP contribution in [0.5, 0.6) is 0 Å². The molecule has 5 nitrogen and oxygen atoms in total. The van der Waals surface area contributed by atoms with Crippen LogP contribution in [0.1, 0.15) is 34.5 Å². The first-order chi connectivity index (χ1) is 15.5. The summed E-state index contributed by atoms with van der Waals surface area (Å²) in [5, 5.41) is 14.5. The SMILES string of the molecule is Cc1sc2cc(F)ccc2c1-c1ccc(N2CCO[C@H](CNC3CCC3)C2)c(C(=O)O)c1. The summed E-state index contributed by atoms with van der Waals surface area (Å²) < 4.78 is 20.5. The van der Waals surface area contributed by atoms with E-state index in [1.165, 1.54) is 42.7 Å². The molecule has 0 unspecified atom stereocenters. The van der Waals surface area contributed by atoms with Crippen molar-refractivity contribution in [2.45, 2.75) is 38.3 Å². The molecule has 1 saturated heterocycles. The molecule has 0 amide bonds. The van der Waals surface area contributed by atoms with Crippen molar-refractivity contribution in [1.29, 1.82) is 0 Å². The van der Waals surface area contributed by atoms with Crippen LogP contribution in [0, 0.1) is 12.7 Å². The Morgan fingerprint density at radius 1 is 1.28 bits per heavy atom. The summed E-state index contributed by atoms with van der Waals surface area (Å²) in [5.41, 5.74) is 2.83. The number of carbonyl (C=O) groups is 1. The minimum atomic E-state index is -0.944. The number of ether oxygens (including phenoxy) is 1. The summed E-state index contributed by atoms with van der Waals surface area (Å²) in [6.07, 6.45) is 3.79. The molecule has 168 valence electrons. The van der Waals surface area contributed by atoms with Gasteiger partial charge in [-0.3, -0.25) is 0 Å². The van der Waals surface area contributed by atoms with Crippen molar-refractivity contribution < 1.29 is 19.0 Å². The van der Waals surface area contributed by atoms with Gasteiger partial charge in [0, 0.05) is 46.2 Å². The Labute approximate surface area is 190 Å². The fraction of sp³-hybridized carbons (Fsp3) is 0.400. The highest BCUT2D eigenvalue weighted by molar-refractivity contribution is 7.19. The van der Waals surface area contributed by atoms with Crippen LogP contribution in [0.3, 0.4) is 0 Å². The zero-order valence-corrected chi connectivity index (χ0v) is 18.9. The first-order valence-corrected chi connectivity index (χ1v) is 12.0. The first-order valence-electron chi connectivity index (χ1n) is 11.2. The molecule has 5 rings (SSSR count). The minimum Gasteiger partial charge on any atom is -0.478 e. The monoisotopic (exact) mass is 454 g/mol. The molecular weight excluding hydrogens is 427 g/mol. The molecule has 2 N–H and O–H groups in total. The lowest BCUT2D eigenvalue weighted by Crippen LogP contribution is -2.49. The van der Waals surface area contributed by atoms with Gasteiger partial charge in [0.2, 0.25) is 0 Å². The van der Waals surface area contributed by atoms with E-state index in [9.17, 15) is 14.3 Å². The van der Waals surface area contributed by atoms with Crippen molar-refractivity contribution in [3.63, 3.8) is 0 Å². The van der Waals surface area contributed by atoms with Gasteiger partial charge < -0.3 is 20.1 Å². The van der Waals surface area contributed by atoms with Crippen LogP contribution in [-0.4, -0.2) is 49.5 Å². The number of benzene rings is 2. The highest BCUT2D eigenvalue weighted by Gasteiger charge is 2.26. The average Bonchev–Trinajstić information content (AvgIpc) is 3.07. The molecule has 0 bridgehead atoms. The largest absolute Gasteiger partial charge is 0.478 e. The Bertz CT molecular complexity index is 1160. The van der Waals surface area contributed by atoms with Crippen molar-refractivity contribution in [3.8, 4) is 11.1 Å². The predicted molar refractivity (Wildman–Crippen MR) is 127 cm³/mol. The van der Waals surface area contributed by atoms with Gasteiger partial charge in [-0.15, -0.1) is 11.3 Å². The molecule has 2 fully saturated rings. The fourth-order valence-electron chi connectivity index (χ4n) is 4.66. The number of hydrogen-bond donors (Lipinski definition) is 2. The Morgan fingerprint density at radius 2 is 2.12 bits per heavy atom. The lowest BCUT2D eigenvalue weighted by atomic mass is 9.93. The van der Waals surface area contributed by atoms with Crippen LogP contribution in [0.25, 0.3) is 21.2 Å². The quantitative estimate of drug-likeness (QED) is 0.545. The molecule has 0 radical (unpaired) electrons. The number of hydrogen-bond acceptors (Lipinski definition) is 5. The normalized spacial score (nSPS) is 19.3. The number of carboxylic acids is 1. The number of nitrogens with zero attached hydrogens (tertiary/aromatic N) is 1. The van der Waals surface area contributed by atoms with E-state index >= 15 is 0 Å². The number of halogens is 1. The lowest BCUT2D eigenvalue weighted by Gasteiger charge is -2.37. The zero-order valence-electron chi connectivity index (χ0n) is 18.1. The molecule has 32 heavy (non-hydrogen) atoms. The number of nitrogens with one attached hydrogen (secondary N) is 1. The minimum absolute atomic E-state index is 0.0450. The van der Waals surface area contributed by atoms with Gasteiger partial charge in [-0.2, -0.15) is 0 Å². The maximum Gasteiger partial charge on any atom is 0.337 e. The number of morpholine rings is 1. The van der Waals surface area contributed by atoms with E-state index in [2.05, 4.69) is 10.2 Å². The average molecular weight is 455 g/mol. The van der Waals surface area contributed by atoms with Crippen molar-refractivity contribution in [2.24, 2.45) is 0 Å². The number of fused-ring (bicyclic) bond motifs is 1. The van der Waals surface area contributed by atoms with Gasteiger partial charge in [0.15, 0.2) is 0 Å². The van der Waals surface area contributed by atoms with E-state index in [4.69, 9.17) is 4.74 Å². The van der Waals surface area contributed by atoms with Crippen LogP contribution in [0.4, 0.5) is 10.1 Å². The molecule has 1 saturated carbocycles. The van der Waals surface area contributed by atoms with E-state index in [0.29, 0.717) is 25.7 Å². The molecule has 2 heterocycles. The molecule has 1 aromatic heterocycles. The van der Waals surface area contributed by atoms with Gasteiger partial charge in [0.1, 0.15) is 5.82 Å². The Morgan fingerprint density at radius 3 is 2.88 bits per heavy atom. The summed E-state index contributed by atoms with van der Waals surface area (Å²) in [6.45, 7) is 4.70. The number of thiophene rings is 1.